The van der Waals surface area contributed by atoms with Crippen LogP contribution in [0.3, 0.4) is 0 Å². The van der Waals surface area contributed by atoms with Gasteiger partial charge in [-0.3, -0.25) is 0 Å². The number of anilines is 1. The molecule has 1 aliphatic heterocycles. The van der Waals surface area contributed by atoms with E-state index in [1.165, 1.54) is 0 Å². The van der Waals surface area contributed by atoms with Crippen molar-refractivity contribution in [3.8, 4) is 0 Å². The highest BCUT2D eigenvalue weighted by atomic mass is 32.2. The van der Waals surface area contributed by atoms with Gasteiger partial charge in [-0.1, -0.05) is 133 Å². The lowest BCUT2D eigenvalue weighted by Gasteiger charge is -2.46. The van der Waals surface area contributed by atoms with E-state index >= 15 is 0 Å². The second kappa shape index (κ2) is 17.3. The van der Waals surface area contributed by atoms with Gasteiger partial charge in [0.25, 0.3) is 0 Å². The first-order valence-electron chi connectivity index (χ1n) is 16.0. The Morgan fingerprint density at radius 3 is 1.40 bits per heavy atom. The number of benzene rings is 5. The molecule has 0 spiro atoms. The highest BCUT2D eigenvalue weighted by Gasteiger charge is 2.49. The molecule has 5 aromatic rings. The molecule has 7 heteroatoms. The van der Waals surface area contributed by atoms with Crippen LogP contribution in [0, 0.1) is 0 Å². The van der Waals surface area contributed by atoms with Crippen LogP contribution in [0.5, 0.6) is 0 Å². The van der Waals surface area contributed by atoms with E-state index in [1.54, 1.807) is 11.8 Å². The van der Waals surface area contributed by atoms with Gasteiger partial charge in [0.15, 0.2) is 0 Å². The van der Waals surface area contributed by atoms with Crippen LogP contribution >= 0.6 is 11.8 Å². The average molecular weight is 648 g/mol. The van der Waals surface area contributed by atoms with Crippen molar-refractivity contribution in [1.29, 1.82) is 0 Å². The first kappa shape index (κ1) is 33.0. The summed E-state index contributed by atoms with van der Waals surface area (Å²) in [5.41, 5.74) is 10.6. The summed E-state index contributed by atoms with van der Waals surface area (Å²) in [5.74, 6) is 0. The van der Waals surface area contributed by atoms with Crippen LogP contribution in [0.15, 0.2) is 150 Å². The highest BCUT2D eigenvalue weighted by molar-refractivity contribution is 7.99. The standard InChI is InChI=1S/C40H41NO5S/c41-34-21-23-35(24-22-34)47-40-39(45-28-33-19-11-4-12-20-33)38(44-27-32-17-9-3-10-18-32)37(43-26-31-15-7-2-8-16-31)36(46-40)29-42-25-30-13-5-1-6-14-30/h1-24,36-40H,25-29,41H2/t36-,37-,38+,39-,40+/m1/s1. The summed E-state index contributed by atoms with van der Waals surface area (Å²) in [5, 5.41) is 0. The molecule has 0 amide bonds. The summed E-state index contributed by atoms with van der Waals surface area (Å²) in [4.78, 5) is 1.02. The average Bonchev–Trinajstić information content (AvgIpc) is 3.12. The first-order valence-corrected chi connectivity index (χ1v) is 16.8. The molecule has 0 aromatic heterocycles. The van der Waals surface area contributed by atoms with E-state index in [1.807, 2.05) is 97.1 Å². The molecular weight excluding hydrogens is 607 g/mol. The maximum atomic E-state index is 6.92. The number of ether oxygens (including phenoxy) is 5. The van der Waals surface area contributed by atoms with Crippen LogP contribution in [0.1, 0.15) is 22.3 Å². The van der Waals surface area contributed by atoms with Crippen LogP contribution in [0.25, 0.3) is 0 Å². The summed E-state index contributed by atoms with van der Waals surface area (Å²) in [6, 6.07) is 48.5. The van der Waals surface area contributed by atoms with Gasteiger partial charge in [0.2, 0.25) is 0 Å². The van der Waals surface area contributed by atoms with Gasteiger partial charge in [0.05, 0.1) is 33.0 Å². The lowest BCUT2D eigenvalue weighted by Crippen LogP contribution is -2.60. The minimum Gasteiger partial charge on any atom is -0.399 e. The normalized spacial score (nSPS) is 21.0. The maximum absolute atomic E-state index is 6.92. The van der Waals surface area contributed by atoms with E-state index in [0.717, 1.165) is 27.1 Å². The predicted octanol–water partition coefficient (Wildman–Crippen LogP) is 8.06. The van der Waals surface area contributed by atoms with Crippen molar-refractivity contribution in [3.05, 3.63) is 168 Å². The fourth-order valence-corrected chi connectivity index (χ4v) is 6.65. The molecule has 1 saturated heterocycles. The summed E-state index contributed by atoms with van der Waals surface area (Å²) < 4.78 is 33.6. The summed E-state index contributed by atoms with van der Waals surface area (Å²) in [6.45, 7) is 1.99. The number of nitrogens with two attached hydrogens (primary N) is 1. The minimum absolute atomic E-state index is 0.323. The molecule has 0 unspecified atom stereocenters. The molecule has 0 saturated carbocycles. The van der Waals surface area contributed by atoms with E-state index in [-0.39, 0.29) is 0 Å². The first-order chi connectivity index (χ1) is 23.2. The third-order valence-corrected chi connectivity index (χ3v) is 9.13. The molecule has 6 nitrogen and oxygen atoms in total. The Balaban J connectivity index is 1.31. The number of hydrogen-bond donors (Lipinski definition) is 1. The van der Waals surface area contributed by atoms with Gasteiger partial charge < -0.3 is 29.4 Å². The van der Waals surface area contributed by atoms with Gasteiger partial charge in [0.1, 0.15) is 29.9 Å². The Hall–Kier alpha value is -3.95. The SMILES string of the molecule is Nc1ccc(S[C@@H]2O[C@H](COCc3ccccc3)[C@@H](OCc3ccccc3)[C@H](OCc3ccccc3)[C@H]2OCc2ccccc2)cc1. The smallest absolute Gasteiger partial charge is 0.137 e. The molecular formula is C40H41NO5S. The monoisotopic (exact) mass is 647 g/mol. The Morgan fingerprint density at radius 2 is 0.915 bits per heavy atom. The van der Waals surface area contributed by atoms with Crippen LogP contribution < -0.4 is 5.73 Å². The van der Waals surface area contributed by atoms with E-state index in [2.05, 4.69) is 48.5 Å². The molecule has 0 aliphatic carbocycles. The van der Waals surface area contributed by atoms with Crippen molar-refractivity contribution in [2.45, 2.75) is 61.2 Å². The highest BCUT2D eigenvalue weighted by Crippen LogP contribution is 2.38. The molecule has 5 aromatic carbocycles. The zero-order chi connectivity index (χ0) is 32.1. The molecule has 1 heterocycles. The van der Waals surface area contributed by atoms with Crippen molar-refractivity contribution in [1.82, 2.24) is 0 Å². The van der Waals surface area contributed by atoms with E-state index in [4.69, 9.17) is 29.4 Å². The molecule has 1 fully saturated rings. The fourth-order valence-electron chi connectivity index (χ4n) is 5.52. The second-order valence-electron chi connectivity index (χ2n) is 11.5. The predicted molar refractivity (Wildman–Crippen MR) is 187 cm³/mol. The van der Waals surface area contributed by atoms with Crippen molar-refractivity contribution >= 4 is 17.4 Å². The van der Waals surface area contributed by atoms with Crippen molar-refractivity contribution < 1.29 is 23.7 Å². The number of thioether (sulfide) groups is 1. The molecule has 5 atom stereocenters. The third kappa shape index (κ3) is 9.78. The molecule has 1 aliphatic rings. The lowest BCUT2D eigenvalue weighted by atomic mass is 9.98. The van der Waals surface area contributed by atoms with Crippen LogP contribution in [0.4, 0.5) is 5.69 Å². The zero-order valence-electron chi connectivity index (χ0n) is 26.3. The van der Waals surface area contributed by atoms with Gasteiger partial charge in [-0.05, 0) is 46.5 Å². The molecule has 0 bridgehead atoms. The molecule has 6 rings (SSSR count). The summed E-state index contributed by atoms with van der Waals surface area (Å²) >= 11 is 1.60. The van der Waals surface area contributed by atoms with E-state index in [9.17, 15) is 0 Å². The van der Waals surface area contributed by atoms with Gasteiger partial charge in [0, 0.05) is 10.6 Å². The van der Waals surface area contributed by atoms with Crippen molar-refractivity contribution in [2.75, 3.05) is 12.3 Å². The summed E-state index contributed by atoms with van der Waals surface area (Å²) in [7, 11) is 0. The minimum atomic E-state index is -0.473. The topological polar surface area (TPSA) is 72.2 Å². The van der Waals surface area contributed by atoms with Crippen LogP contribution in [-0.4, -0.2) is 36.5 Å². The number of hydrogen-bond acceptors (Lipinski definition) is 7. The molecule has 2 N–H and O–H groups in total. The third-order valence-electron chi connectivity index (χ3n) is 7.97. The van der Waals surface area contributed by atoms with Crippen LogP contribution in [-0.2, 0) is 50.1 Å². The van der Waals surface area contributed by atoms with Gasteiger partial charge in [-0.25, -0.2) is 0 Å². The maximum Gasteiger partial charge on any atom is 0.137 e. The Kier molecular flexibility index (Phi) is 12.1. The Labute approximate surface area is 281 Å². The van der Waals surface area contributed by atoms with Gasteiger partial charge in [-0.15, -0.1) is 0 Å². The Bertz CT molecular complexity index is 1590. The largest absolute Gasteiger partial charge is 0.399 e. The second-order valence-corrected chi connectivity index (χ2v) is 12.7. The molecule has 0 radical (unpaired) electrons. The van der Waals surface area contributed by atoms with Crippen molar-refractivity contribution in [3.63, 3.8) is 0 Å². The van der Waals surface area contributed by atoms with Crippen LogP contribution in [0.2, 0.25) is 0 Å². The fraction of sp³-hybridized carbons (Fsp3) is 0.250. The zero-order valence-corrected chi connectivity index (χ0v) is 27.1. The molecule has 242 valence electrons. The van der Waals surface area contributed by atoms with E-state index in [0.29, 0.717) is 38.7 Å². The van der Waals surface area contributed by atoms with Crippen molar-refractivity contribution in [2.24, 2.45) is 0 Å². The number of nitrogen functional groups attached to an aromatic ring is 1. The van der Waals surface area contributed by atoms with E-state index < -0.39 is 29.9 Å². The summed E-state index contributed by atoms with van der Waals surface area (Å²) in [6.07, 6.45) is -1.83. The lowest BCUT2D eigenvalue weighted by molar-refractivity contribution is -0.254. The molecule has 47 heavy (non-hydrogen) atoms. The number of rotatable bonds is 15. The van der Waals surface area contributed by atoms with Gasteiger partial charge in [-0.2, -0.15) is 0 Å². The quantitative estimate of drug-likeness (QED) is 0.115. The Morgan fingerprint density at radius 1 is 0.489 bits per heavy atom. The van der Waals surface area contributed by atoms with Gasteiger partial charge >= 0.3 is 0 Å².